The van der Waals surface area contributed by atoms with Crippen molar-refractivity contribution < 1.29 is 4.79 Å². The van der Waals surface area contributed by atoms with Crippen LogP contribution in [0.15, 0.2) is 36.4 Å². The summed E-state index contributed by atoms with van der Waals surface area (Å²) in [5.74, 6) is 0.421. The zero-order valence-corrected chi connectivity index (χ0v) is 11.7. The van der Waals surface area contributed by atoms with Crippen LogP contribution >= 0.6 is 0 Å². The van der Waals surface area contributed by atoms with Crippen molar-refractivity contribution in [3.05, 3.63) is 58.7 Å². The standard InChI is InChI=1S/C18H18O/c1-11-4-7-14(8-5-11)17-12(2)6-9-15-16(17)10-13(3)18(15)19/h4-9,13H,10H2,1-3H3. The number of hydrogen-bond acceptors (Lipinski definition) is 1. The summed E-state index contributed by atoms with van der Waals surface area (Å²) in [5, 5.41) is 0. The van der Waals surface area contributed by atoms with Crippen LogP contribution in [-0.4, -0.2) is 5.78 Å². The third-order valence-corrected chi connectivity index (χ3v) is 4.08. The van der Waals surface area contributed by atoms with Crippen LogP contribution < -0.4 is 0 Å². The van der Waals surface area contributed by atoms with Gasteiger partial charge >= 0.3 is 0 Å². The zero-order chi connectivity index (χ0) is 13.6. The molecule has 0 bridgehead atoms. The molecule has 0 saturated heterocycles. The second-order valence-electron chi connectivity index (χ2n) is 5.62. The van der Waals surface area contributed by atoms with Gasteiger partial charge in [-0.25, -0.2) is 0 Å². The molecule has 0 radical (unpaired) electrons. The van der Waals surface area contributed by atoms with Gasteiger partial charge in [-0.3, -0.25) is 4.79 Å². The van der Waals surface area contributed by atoms with E-state index in [0.29, 0.717) is 5.78 Å². The summed E-state index contributed by atoms with van der Waals surface area (Å²) in [7, 11) is 0. The van der Waals surface area contributed by atoms with E-state index in [4.69, 9.17) is 0 Å². The molecule has 0 aromatic heterocycles. The van der Waals surface area contributed by atoms with Crippen LogP contribution in [-0.2, 0) is 6.42 Å². The summed E-state index contributed by atoms with van der Waals surface area (Å²) in [4.78, 5) is 12.1. The molecule has 1 nitrogen and oxygen atoms in total. The number of hydrogen-bond donors (Lipinski definition) is 0. The first-order valence-corrected chi connectivity index (χ1v) is 6.81. The lowest BCUT2D eigenvalue weighted by Gasteiger charge is -2.12. The second kappa shape index (κ2) is 4.34. The molecule has 0 spiro atoms. The minimum Gasteiger partial charge on any atom is -0.294 e. The fraction of sp³-hybridized carbons (Fsp3) is 0.278. The highest BCUT2D eigenvalue weighted by Gasteiger charge is 2.29. The van der Waals surface area contributed by atoms with Gasteiger partial charge in [-0.05, 0) is 42.5 Å². The third kappa shape index (κ3) is 1.90. The maximum absolute atomic E-state index is 12.1. The number of rotatable bonds is 1. The van der Waals surface area contributed by atoms with Gasteiger partial charge in [-0.1, -0.05) is 48.9 Å². The second-order valence-corrected chi connectivity index (χ2v) is 5.62. The average Bonchev–Trinajstić information content (AvgIpc) is 2.67. The van der Waals surface area contributed by atoms with Crippen LogP contribution in [0, 0.1) is 19.8 Å². The first-order chi connectivity index (χ1) is 9.08. The molecule has 0 aliphatic heterocycles. The summed E-state index contributed by atoms with van der Waals surface area (Å²) in [6, 6.07) is 12.7. The van der Waals surface area contributed by atoms with Crippen LogP contribution in [0.1, 0.15) is 34.0 Å². The molecule has 96 valence electrons. The molecular formula is C18H18O. The largest absolute Gasteiger partial charge is 0.294 e. The van der Waals surface area contributed by atoms with Crippen molar-refractivity contribution in [3.8, 4) is 11.1 Å². The topological polar surface area (TPSA) is 17.1 Å². The Morgan fingerprint density at radius 3 is 2.37 bits per heavy atom. The van der Waals surface area contributed by atoms with Gasteiger partial charge < -0.3 is 0 Å². The Kier molecular flexibility index (Phi) is 2.78. The zero-order valence-electron chi connectivity index (χ0n) is 11.7. The number of carbonyl (C=O) groups excluding carboxylic acids is 1. The molecule has 3 rings (SSSR count). The number of fused-ring (bicyclic) bond motifs is 1. The predicted octanol–water partition coefficient (Wildman–Crippen LogP) is 4.35. The highest BCUT2D eigenvalue weighted by Crippen LogP contribution is 2.37. The van der Waals surface area contributed by atoms with Crippen molar-refractivity contribution in [1.29, 1.82) is 0 Å². The van der Waals surface area contributed by atoms with E-state index in [1.54, 1.807) is 0 Å². The van der Waals surface area contributed by atoms with Crippen LogP contribution in [0.25, 0.3) is 11.1 Å². The van der Waals surface area contributed by atoms with Gasteiger partial charge in [0.15, 0.2) is 5.78 Å². The Balaban J connectivity index is 2.22. The van der Waals surface area contributed by atoms with Gasteiger partial charge in [0.05, 0.1) is 0 Å². The Labute approximate surface area is 114 Å². The van der Waals surface area contributed by atoms with Crippen molar-refractivity contribution in [2.75, 3.05) is 0 Å². The van der Waals surface area contributed by atoms with E-state index >= 15 is 0 Å². The number of Topliss-reactive ketones (excluding diaryl/α,β-unsaturated/α-hetero) is 1. The van der Waals surface area contributed by atoms with Crippen molar-refractivity contribution in [1.82, 2.24) is 0 Å². The predicted molar refractivity (Wildman–Crippen MR) is 78.6 cm³/mol. The highest BCUT2D eigenvalue weighted by atomic mass is 16.1. The van der Waals surface area contributed by atoms with E-state index in [2.05, 4.69) is 44.2 Å². The number of carbonyl (C=O) groups is 1. The summed E-state index contributed by atoms with van der Waals surface area (Å²) in [6.07, 6.45) is 0.874. The molecule has 0 fully saturated rings. The van der Waals surface area contributed by atoms with Crippen molar-refractivity contribution >= 4 is 5.78 Å². The van der Waals surface area contributed by atoms with E-state index < -0.39 is 0 Å². The van der Waals surface area contributed by atoms with Gasteiger partial charge in [-0.15, -0.1) is 0 Å². The normalized spacial score (nSPS) is 17.6. The molecule has 1 heteroatoms. The smallest absolute Gasteiger partial charge is 0.166 e. The molecule has 2 aromatic rings. The van der Waals surface area contributed by atoms with E-state index in [9.17, 15) is 4.79 Å². The van der Waals surface area contributed by atoms with Gasteiger partial charge in [0.2, 0.25) is 0 Å². The maximum Gasteiger partial charge on any atom is 0.166 e. The first kappa shape index (κ1) is 12.2. The SMILES string of the molecule is Cc1ccc(-c2c(C)ccc3c2CC(C)C3=O)cc1. The minimum atomic E-state index is 0.126. The van der Waals surface area contributed by atoms with Gasteiger partial charge in [0.1, 0.15) is 0 Å². The highest BCUT2D eigenvalue weighted by molar-refractivity contribution is 6.04. The summed E-state index contributed by atoms with van der Waals surface area (Å²) in [6.45, 7) is 6.25. The van der Waals surface area contributed by atoms with Crippen LogP contribution in [0.4, 0.5) is 0 Å². The van der Waals surface area contributed by atoms with E-state index in [0.717, 1.165) is 12.0 Å². The van der Waals surface area contributed by atoms with Gasteiger partial charge in [-0.2, -0.15) is 0 Å². The molecular weight excluding hydrogens is 232 g/mol. The van der Waals surface area contributed by atoms with Crippen molar-refractivity contribution in [2.45, 2.75) is 27.2 Å². The maximum atomic E-state index is 12.1. The minimum absolute atomic E-state index is 0.126. The van der Waals surface area contributed by atoms with Crippen LogP contribution in [0.2, 0.25) is 0 Å². The molecule has 0 saturated carbocycles. The molecule has 2 aromatic carbocycles. The lowest BCUT2D eigenvalue weighted by molar-refractivity contribution is 0.0946. The van der Waals surface area contributed by atoms with Gasteiger partial charge in [0.25, 0.3) is 0 Å². The van der Waals surface area contributed by atoms with Crippen LogP contribution in [0.3, 0.4) is 0 Å². The molecule has 19 heavy (non-hydrogen) atoms. The quantitative estimate of drug-likeness (QED) is 0.735. The summed E-state index contributed by atoms with van der Waals surface area (Å²) < 4.78 is 0. The number of ketones is 1. The van der Waals surface area contributed by atoms with Crippen LogP contribution in [0.5, 0.6) is 0 Å². The molecule has 1 atom stereocenters. The Hall–Kier alpha value is -1.89. The van der Waals surface area contributed by atoms with Gasteiger partial charge in [0, 0.05) is 11.5 Å². The molecule has 1 unspecified atom stereocenters. The van der Waals surface area contributed by atoms with Crippen molar-refractivity contribution in [3.63, 3.8) is 0 Å². The lowest BCUT2D eigenvalue weighted by Crippen LogP contribution is -2.02. The van der Waals surface area contributed by atoms with E-state index in [1.165, 1.54) is 27.8 Å². The summed E-state index contributed by atoms with van der Waals surface area (Å²) >= 11 is 0. The molecule has 1 aliphatic rings. The average molecular weight is 250 g/mol. The summed E-state index contributed by atoms with van der Waals surface area (Å²) in [5.41, 5.74) is 7.16. The number of aryl methyl sites for hydroxylation is 2. The fourth-order valence-corrected chi connectivity index (χ4v) is 2.99. The Bertz CT molecular complexity index is 650. The number of benzene rings is 2. The lowest BCUT2D eigenvalue weighted by atomic mass is 9.92. The Morgan fingerprint density at radius 1 is 1.00 bits per heavy atom. The van der Waals surface area contributed by atoms with E-state index in [-0.39, 0.29) is 5.92 Å². The fourth-order valence-electron chi connectivity index (χ4n) is 2.99. The molecule has 0 amide bonds. The molecule has 1 aliphatic carbocycles. The van der Waals surface area contributed by atoms with E-state index in [1.807, 2.05) is 13.0 Å². The molecule has 0 N–H and O–H groups in total. The first-order valence-electron chi connectivity index (χ1n) is 6.81. The monoisotopic (exact) mass is 250 g/mol. The Morgan fingerprint density at radius 2 is 1.68 bits per heavy atom. The third-order valence-electron chi connectivity index (χ3n) is 4.08. The molecule has 0 heterocycles. The van der Waals surface area contributed by atoms with Crippen molar-refractivity contribution in [2.24, 2.45) is 5.92 Å².